The molecule has 0 saturated carbocycles. The molecule has 4 rings (SSSR count). The van der Waals surface area contributed by atoms with Crippen molar-refractivity contribution < 1.29 is 14.6 Å². The highest BCUT2D eigenvalue weighted by Crippen LogP contribution is 2.21. The Morgan fingerprint density at radius 2 is 1.79 bits per heavy atom. The summed E-state index contributed by atoms with van der Waals surface area (Å²) < 4.78 is 5.62. The zero-order valence-electron chi connectivity index (χ0n) is 15.2. The van der Waals surface area contributed by atoms with E-state index in [-0.39, 0.29) is 11.4 Å². The highest BCUT2D eigenvalue weighted by molar-refractivity contribution is 5.87. The number of carboxylic acids is 1. The monoisotopic (exact) mass is 388 g/mol. The van der Waals surface area contributed by atoms with Crippen molar-refractivity contribution in [1.29, 1.82) is 0 Å². The van der Waals surface area contributed by atoms with Crippen molar-refractivity contribution in [2.75, 3.05) is 11.9 Å². The molecule has 3 aromatic heterocycles. The average Bonchev–Trinajstić information content (AvgIpc) is 2.75. The van der Waals surface area contributed by atoms with E-state index in [1.165, 1.54) is 24.7 Å². The van der Waals surface area contributed by atoms with Crippen LogP contribution in [0.15, 0.2) is 61.3 Å². The molecule has 0 bridgehead atoms. The van der Waals surface area contributed by atoms with Gasteiger partial charge in [0.25, 0.3) is 0 Å². The van der Waals surface area contributed by atoms with Crippen molar-refractivity contribution in [2.24, 2.45) is 0 Å². The minimum Gasteiger partial charge on any atom is -0.478 e. The van der Waals surface area contributed by atoms with Crippen LogP contribution in [-0.2, 0) is 6.42 Å². The molecule has 9 nitrogen and oxygen atoms in total. The Morgan fingerprint density at radius 1 is 0.966 bits per heavy atom. The summed E-state index contributed by atoms with van der Waals surface area (Å²) in [5.41, 5.74) is 2.41. The van der Waals surface area contributed by atoms with E-state index >= 15 is 0 Å². The summed E-state index contributed by atoms with van der Waals surface area (Å²) in [4.78, 5) is 31.8. The molecule has 0 saturated heterocycles. The number of ether oxygens (including phenoxy) is 1. The summed E-state index contributed by atoms with van der Waals surface area (Å²) in [6, 6.07) is 10.3. The van der Waals surface area contributed by atoms with Crippen LogP contribution in [0.25, 0.3) is 11.2 Å². The number of carbonyl (C=O) groups is 1. The molecule has 0 unspecified atom stereocenters. The third-order valence-corrected chi connectivity index (χ3v) is 4.10. The molecular formula is C20H16N6O3. The van der Waals surface area contributed by atoms with E-state index in [0.717, 1.165) is 12.0 Å². The van der Waals surface area contributed by atoms with Gasteiger partial charge < -0.3 is 15.2 Å². The zero-order valence-corrected chi connectivity index (χ0v) is 15.2. The molecule has 2 N–H and O–H groups in total. The second-order valence-corrected chi connectivity index (χ2v) is 6.06. The van der Waals surface area contributed by atoms with E-state index in [4.69, 9.17) is 9.84 Å². The van der Waals surface area contributed by atoms with Gasteiger partial charge in [-0.25, -0.2) is 29.7 Å². The number of benzene rings is 1. The Bertz CT molecular complexity index is 1140. The molecule has 0 aliphatic heterocycles. The predicted octanol–water partition coefficient (Wildman–Crippen LogP) is 2.96. The molecular weight excluding hydrogens is 372 g/mol. The lowest BCUT2D eigenvalue weighted by Crippen LogP contribution is -2.08. The molecule has 0 aliphatic carbocycles. The van der Waals surface area contributed by atoms with E-state index in [1.54, 1.807) is 12.4 Å². The van der Waals surface area contributed by atoms with Crippen molar-refractivity contribution >= 4 is 23.0 Å². The van der Waals surface area contributed by atoms with Gasteiger partial charge in [0.05, 0.1) is 5.56 Å². The molecule has 0 fully saturated rings. The smallest absolute Gasteiger partial charge is 0.335 e. The maximum absolute atomic E-state index is 11.0. The number of hydrogen-bond donors (Lipinski definition) is 2. The summed E-state index contributed by atoms with van der Waals surface area (Å²) in [7, 11) is 0. The van der Waals surface area contributed by atoms with E-state index in [0.29, 0.717) is 29.3 Å². The lowest BCUT2D eigenvalue weighted by atomic mass is 10.1. The van der Waals surface area contributed by atoms with Crippen LogP contribution in [0.4, 0.5) is 5.82 Å². The Hall–Kier alpha value is -4.14. The van der Waals surface area contributed by atoms with Crippen LogP contribution in [-0.4, -0.2) is 42.5 Å². The number of aromatic carboxylic acids is 1. The Labute approximate surface area is 165 Å². The van der Waals surface area contributed by atoms with Gasteiger partial charge in [0.1, 0.15) is 17.6 Å². The normalized spacial score (nSPS) is 10.6. The quantitative estimate of drug-likeness (QED) is 0.492. The van der Waals surface area contributed by atoms with Crippen LogP contribution < -0.4 is 10.1 Å². The van der Waals surface area contributed by atoms with Gasteiger partial charge in [-0.05, 0) is 30.2 Å². The third kappa shape index (κ3) is 4.41. The Morgan fingerprint density at radius 3 is 2.62 bits per heavy atom. The number of carboxylic acid groups (broad SMARTS) is 1. The third-order valence-electron chi connectivity index (χ3n) is 4.10. The van der Waals surface area contributed by atoms with Crippen molar-refractivity contribution in [2.45, 2.75) is 6.42 Å². The number of anilines is 1. The second kappa shape index (κ2) is 8.26. The SMILES string of the molecule is O=C(O)c1ccnc(Oc2ccc(CCNc3ncnc4nccnc34)cc2)c1. The van der Waals surface area contributed by atoms with E-state index in [2.05, 4.69) is 30.2 Å². The van der Waals surface area contributed by atoms with Crippen molar-refractivity contribution in [3.8, 4) is 11.6 Å². The first kappa shape index (κ1) is 18.2. The van der Waals surface area contributed by atoms with Gasteiger partial charge >= 0.3 is 5.97 Å². The van der Waals surface area contributed by atoms with Gasteiger partial charge in [0, 0.05) is 31.2 Å². The minimum absolute atomic E-state index is 0.125. The van der Waals surface area contributed by atoms with E-state index < -0.39 is 5.97 Å². The lowest BCUT2D eigenvalue weighted by molar-refractivity contribution is 0.0696. The highest BCUT2D eigenvalue weighted by Gasteiger charge is 2.07. The van der Waals surface area contributed by atoms with Crippen LogP contribution in [0.5, 0.6) is 11.6 Å². The lowest BCUT2D eigenvalue weighted by Gasteiger charge is -2.08. The molecule has 0 amide bonds. The van der Waals surface area contributed by atoms with E-state index in [1.807, 2.05) is 24.3 Å². The van der Waals surface area contributed by atoms with Crippen molar-refractivity contribution in [3.63, 3.8) is 0 Å². The van der Waals surface area contributed by atoms with Crippen LogP contribution in [0, 0.1) is 0 Å². The number of nitrogens with zero attached hydrogens (tertiary/aromatic N) is 5. The van der Waals surface area contributed by atoms with Gasteiger partial charge in [-0.3, -0.25) is 0 Å². The fourth-order valence-electron chi connectivity index (χ4n) is 2.69. The number of fused-ring (bicyclic) bond motifs is 1. The number of rotatable bonds is 7. The van der Waals surface area contributed by atoms with Gasteiger partial charge in [0.2, 0.25) is 5.88 Å². The minimum atomic E-state index is -1.03. The molecule has 3 heterocycles. The van der Waals surface area contributed by atoms with Crippen LogP contribution in [0.3, 0.4) is 0 Å². The molecule has 29 heavy (non-hydrogen) atoms. The first-order valence-electron chi connectivity index (χ1n) is 8.81. The zero-order chi connectivity index (χ0) is 20.1. The molecule has 4 aromatic rings. The van der Waals surface area contributed by atoms with Gasteiger partial charge in [-0.2, -0.15) is 0 Å². The van der Waals surface area contributed by atoms with Gasteiger partial charge in [-0.1, -0.05) is 12.1 Å². The molecule has 144 valence electrons. The maximum atomic E-state index is 11.0. The number of aromatic nitrogens is 5. The summed E-state index contributed by atoms with van der Waals surface area (Å²) >= 11 is 0. The first-order valence-corrected chi connectivity index (χ1v) is 8.81. The van der Waals surface area contributed by atoms with Gasteiger partial charge in [-0.15, -0.1) is 0 Å². The summed E-state index contributed by atoms with van der Waals surface area (Å²) in [5.74, 6) is 0.430. The van der Waals surface area contributed by atoms with E-state index in [9.17, 15) is 4.79 Å². The fraction of sp³-hybridized carbons (Fsp3) is 0.100. The van der Waals surface area contributed by atoms with Crippen LogP contribution in [0.1, 0.15) is 15.9 Å². The van der Waals surface area contributed by atoms with Crippen molar-refractivity contribution in [1.82, 2.24) is 24.9 Å². The molecule has 9 heteroatoms. The molecule has 0 radical (unpaired) electrons. The Balaban J connectivity index is 1.36. The summed E-state index contributed by atoms with van der Waals surface area (Å²) in [5, 5.41) is 12.3. The number of hydrogen-bond acceptors (Lipinski definition) is 8. The Kier molecular flexibility index (Phi) is 5.19. The highest BCUT2D eigenvalue weighted by atomic mass is 16.5. The number of nitrogens with one attached hydrogen (secondary N) is 1. The molecule has 0 spiro atoms. The largest absolute Gasteiger partial charge is 0.478 e. The second-order valence-electron chi connectivity index (χ2n) is 6.06. The summed E-state index contributed by atoms with van der Waals surface area (Å²) in [6.45, 7) is 0.658. The number of pyridine rings is 1. The summed E-state index contributed by atoms with van der Waals surface area (Å²) in [6.07, 6.45) is 6.82. The molecule has 0 atom stereocenters. The van der Waals surface area contributed by atoms with Gasteiger partial charge in [0.15, 0.2) is 11.5 Å². The van der Waals surface area contributed by atoms with Crippen LogP contribution in [0.2, 0.25) is 0 Å². The predicted molar refractivity (Wildman–Crippen MR) is 105 cm³/mol. The van der Waals surface area contributed by atoms with Crippen LogP contribution >= 0.6 is 0 Å². The molecule has 1 aromatic carbocycles. The first-order chi connectivity index (χ1) is 14.2. The standard InChI is InChI=1S/C20H16N6O3/c27-20(28)14-6-8-21-16(11-14)29-15-3-1-13(2-4-15)5-7-23-18-17-19(26-12-25-18)24-10-9-22-17/h1-4,6,8-12H,5,7H2,(H,27,28)(H,23,24,25,26). The topological polar surface area (TPSA) is 123 Å². The average molecular weight is 388 g/mol. The molecule has 0 aliphatic rings. The fourth-order valence-corrected chi connectivity index (χ4v) is 2.69. The maximum Gasteiger partial charge on any atom is 0.335 e. The van der Waals surface area contributed by atoms with Crippen molar-refractivity contribution in [3.05, 3.63) is 72.4 Å².